The van der Waals surface area contributed by atoms with Gasteiger partial charge in [-0.1, -0.05) is 18.6 Å². The van der Waals surface area contributed by atoms with Gasteiger partial charge in [0.1, 0.15) is 5.76 Å². The fourth-order valence-corrected chi connectivity index (χ4v) is 3.68. The van der Waals surface area contributed by atoms with Crippen molar-refractivity contribution in [3.63, 3.8) is 0 Å². The topological polar surface area (TPSA) is 67.0 Å². The van der Waals surface area contributed by atoms with Gasteiger partial charge in [-0.2, -0.15) is 0 Å². The molecule has 6 heteroatoms. The lowest BCUT2D eigenvalue weighted by molar-refractivity contribution is -0.892. The number of benzene rings is 1. The quantitative estimate of drug-likeness (QED) is 0.801. The number of likely N-dealkylation sites (N-methyl/N-ethyl adjacent to an activating group) is 1. The van der Waals surface area contributed by atoms with E-state index in [4.69, 9.17) is 4.42 Å². The van der Waals surface area contributed by atoms with Crippen molar-refractivity contribution >= 4 is 17.5 Å². The number of anilines is 1. The third-order valence-corrected chi connectivity index (χ3v) is 5.35. The molecule has 2 aromatic rings. The first-order valence-corrected chi connectivity index (χ1v) is 10.1. The average molecular weight is 385 g/mol. The van der Waals surface area contributed by atoms with Gasteiger partial charge in [0.2, 0.25) is 0 Å². The molecule has 0 unspecified atom stereocenters. The Morgan fingerprint density at radius 1 is 1.04 bits per heavy atom. The Morgan fingerprint density at radius 2 is 1.75 bits per heavy atom. The molecule has 2 heterocycles. The molecule has 150 valence electrons. The second kappa shape index (κ2) is 10.1. The highest BCUT2D eigenvalue weighted by Crippen LogP contribution is 2.19. The van der Waals surface area contributed by atoms with Crippen LogP contribution in [0.1, 0.15) is 48.2 Å². The molecule has 1 aliphatic rings. The van der Waals surface area contributed by atoms with E-state index in [9.17, 15) is 9.59 Å². The number of hydrogen-bond acceptors (Lipinski definition) is 3. The lowest BCUT2D eigenvalue weighted by Crippen LogP contribution is -3.13. The Kier molecular flexibility index (Phi) is 7.25. The molecule has 28 heavy (non-hydrogen) atoms. The van der Waals surface area contributed by atoms with Gasteiger partial charge in [-0.3, -0.25) is 9.59 Å². The van der Waals surface area contributed by atoms with Crippen molar-refractivity contribution in [2.75, 3.05) is 31.6 Å². The van der Waals surface area contributed by atoms with Crippen LogP contribution in [0.5, 0.6) is 0 Å². The van der Waals surface area contributed by atoms with Crippen molar-refractivity contribution in [1.29, 1.82) is 0 Å². The molecule has 1 aliphatic heterocycles. The van der Waals surface area contributed by atoms with Gasteiger partial charge in [-0.15, -0.1) is 0 Å². The van der Waals surface area contributed by atoms with Crippen LogP contribution in [0.3, 0.4) is 0 Å². The van der Waals surface area contributed by atoms with Gasteiger partial charge >= 0.3 is 0 Å². The number of carbonyl (C=O) groups excluding carboxylic acids is 2. The number of para-hydroxylation sites is 1. The summed E-state index contributed by atoms with van der Waals surface area (Å²) in [4.78, 5) is 28.5. The van der Waals surface area contributed by atoms with Gasteiger partial charge in [-0.25, -0.2) is 0 Å². The maximum atomic E-state index is 12.9. The lowest BCUT2D eigenvalue weighted by atomic mass is 10.1. The minimum atomic E-state index is -0.217. The zero-order chi connectivity index (χ0) is 19.8. The van der Waals surface area contributed by atoms with E-state index in [0.717, 1.165) is 13.1 Å². The Balaban J connectivity index is 1.64. The maximum Gasteiger partial charge on any atom is 0.281 e. The van der Waals surface area contributed by atoms with Gasteiger partial charge in [0.15, 0.2) is 6.54 Å². The first-order chi connectivity index (χ1) is 13.6. The van der Waals surface area contributed by atoms with Crippen LogP contribution in [-0.4, -0.2) is 38.5 Å². The number of nitrogens with zero attached hydrogens (tertiary/aromatic N) is 1. The average Bonchev–Trinajstić information content (AvgIpc) is 3.21. The Labute approximate surface area is 166 Å². The summed E-state index contributed by atoms with van der Waals surface area (Å²) in [6, 6.07) is 10.8. The van der Waals surface area contributed by atoms with E-state index >= 15 is 0 Å². The molecule has 0 radical (unpaired) electrons. The minimum Gasteiger partial charge on any atom is -0.467 e. The fourth-order valence-electron chi connectivity index (χ4n) is 3.68. The summed E-state index contributed by atoms with van der Waals surface area (Å²) in [6.07, 6.45) is 7.76. The van der Waals surface area contributed by atoms with Crippen LogP contribution in [0.2, 0.25) is 0 Å². The van der Waals surface area contributed by atoms with Gasteiger partial charge in [0, 0.05) is 7.05 Å². The van der Waals surface area contributed by atoms with Crippen LogP contribution in [-0.2, 0) is 11.3 Å². The summed E-state index contributed by atoms with van der Waals surface area (Å²) < 4.78 is 5.26. The van der Waals surface area contributed by atoms with Crippen LogP contribution in [0.25, 0.3) is 0 Å². The van der Waals surface area contributed by atoms with Crippen molar-refractivity contribution in [2.45, 2.75) is 38.6 Å². The number of amides is 2. The second-order valence-electron chi connectivity index (χ2n) is 7.43. The Morgan fingerprint density at radius 3 is 2.46 bits per heavy atom. The molecule has 0 spiro atoms. The van der Waals surface area contributed by atoms with E-state index in [2.05, 4.69) is 5.32 Å². The van der Waals surface area contributed by atoms with Crippen molar-refractivity contribution in [3.8, 4) is 0 Å². The van der Waals surface area contributed by atoms with Gasteiger partial charge < -0.3 is 19.5 Å². The summed E-state index contributed by atoms with van der Waals surface area (Å²) >= 11 is 0. The summed E-state index contributed by atoms with van der Waals surface area (Å²) in [5.41, 5.74) is 1.13. The molecule has 1 aromatic heterocycles. The second-order valence-corrected chi connectivity index (χ2v) is 7.43. The highest BCUT2D eigenvalue weighted by Gasteiger charge is 2.22. The van der Waals surface area contributed by atoms with E-state index < -0.39 is 0 Å². The maximum absolute atomic E-state index is 12.9. The normalized spacial score (nSPS) is 15.5. The molecular weight excluding hydrogens is 354 g/mol. The smallest absolute Gasteiger partial charge is 0.281 e. The van der Waals surface area contributed by atoms with Crippen molar-refractivity contribution in [2.24, 2.45) is 0 Å². The molecule has 1 fully saturated rings. The van der Waals surface area contributed by atoms with Crippen LogP contribution in [0.4, 0.5) is 5.69 Å². The van der Waals surface area contributed by atoms with Gasteiger partial charge in [0.05, 0.1) is 37.1 Å². The molecule has 0 atom stereocenters. The molecular formula is C22H30N3O3+. The van der Waals surface area contributed by atoms with Crippen LogP contribution in [0.15, 0.2) is 47.1 Å². The Bertz CT molecular complexity index is 765. The highest BCUT2D eigenvalue weighted by atomic mass is 16.3. The zero-order valence-corrected chi connectivity index (χ0v) is 16.6. The molecule has 1 aromatic carbocycles. The third-order valence-electron chi connectivity index (χ3n) is 5.35. The number of quaternary nitrogens is 1. The SMILES string of the molecule is CN(C(=O)C[NH+]1CCCCCCC1)c1ccccc1C(=O)NCc1ccco1. The van der Waals surface area contributed by atoms with Crippen molar-refractivity contribution < 1.29 is 18.9 Å². The van der Waals surface area contributed by atoms with Crippen molar-refractivity contribution in [1.82, 2.24) is 5.32 Å². The summed E-state index contributed by atoms with van der Waals surface area (Å²) in [6.45, 7) is 2.88. The van der Waals surface area contributed by atoms with Gasteiger partial charge in [-0.05, 0) is 49.9 Å². The minimum absolute atomic E-state index is 0.0434. The van der Waals surface area contributed by atoms with E-state index in [1.165, 1.54) is 37.0 Å². The predicted molar refractivity (Wildman–Crippen MR) is 108 cm³/mol. The first kappa shape index (κ1) is 20.1. The molecule has 0 saturated carbocycles. The number of nitrogens with one attached hydrogen (secondary N) is 2. The fraction of sp³-hybridized carbons (Fsp3) is 0.455. The van der Waals surface area contributed by atoms with Gasteiger partial charge in [0.25, 0.3) is 11.8 Å². The lowest BCUT2D eigenvalue weighted by Gasteiger charge is -2.25. The largest absolute Gasteiger partial charge is 0.467 e. The van der Waals surface area contributed by atoms with E-state index in [1.807, 2.05) is 24.3 Å². The first-order valence-electron chi connectivity index (χ1n) is 10.1. The number of carbonyl (C=O) groups is 2. The molecule has 2 N–H and O–H groups in total. The highest BCUT2D eigenvalue weighted by molar-refractivity contribution is 6.04. The van der Waals surface area contributed by atoms with Crippen molar-refractivity contribution in [3.05, 3.63) is 54.0 Å². The third kappa shape index (κ3) is 5.45. The molecule has 1 saturated heterocycles. The van der Waals surface area contributed by atoms with Crippen LogP contribution in [0, 0.1) is 0 Å². The van der Waals surface area contributed by atoms with E-state index in [-0.39, 0.29) is 11.8 Å². The molecule has 3 rings (SSSR count). The molecule has 0 bridgehead atoms. The summed E-state index contributed by atoms with van der Waals surface area (Å²) in [5, 5.41) is 2.86. The standard InChI is InChI=1S/C22H29N3O3/c1-24(21(26)17-25-13-7-3-2-4-8-14-25)20-12-6-5-11-19(20)22(27)23-16-18-10-9-15-28-18/h5-6,9-12,15H,2-4,7-8,13-14,16-17H2,1H3,(H,23,27)/p+1. The van der Waals surface area contributed by atoms with E-state index in [0.29, 0.717) is 30.1 Å². The molecule has 2 amide bonds. The number of likely N-dealkylation sites (tertiary alicyclic amines) is 1. The molecule has 6 nitrogen and oxygen atoms in total. The monoisotopic (exact) mass is 384 g/mol. The van der Waals surface area contributed by atoms with Crippen LogP contribution < -0.4 is 15.1 Å². The number of hydrogen-bond donors (Lipinski definition) is 2. The summed E-state index contributed by atoms with van der Waals surface area (Å²) in [5.74, 6) is 0.517. The number of rotatable bonds is 6. The number of furan rings is 1. The molecule has 0 aliphatic carbocycles. The predicted octanol–water partition coefficient (Wildman–Crippen LogP) is 2.02. The Hall–Kier alpha value is -2.60. The summed E-state index contributed by atoms with van der Waals surface area (Å²) in [7, 11) is 1.75. The van der Waals surface area contributed by atoms with Crippen LogP contribution >= 0.6 is 0 Å². The zero-order valence-electron chi connectivity index (χ0n) is 16.6. The van der Waals surface area contributed by atoms with E-state index in [1.54, 1.807) is 30.3 Å².